The topological polar surface area (TPSA) is 62.0 Å². The lowest BCUT2D eigenvalue weighted by Crippen LogP contribution is -2.21. The minimum Gasteiger partial charge on any atom is -0.497 e. The van der Waals surface area contributed by atoms with Crippen molar-refractivity contribution in [3.8, 4) is 23.1 Å². The predicted molar refractivity (Wildman–Crippen MR) is 80.2 cm³/mol. The molecule has 0 aliphatic carbocycles. The van der Waals surface area contributed by atoms with E-state index < -0.39 is 0 Å². The monoisotopic (exact) mass is 280 g/mol. The third kappa shape index (κ3) is 2.79. The lowest BCUT2D eigenvalue weighted by Gasteiger charge is -2.16. The summed E-state index contributed by atoms with van der Waals surface area (Å²) in [5.74, 6) is 1.45. The summed E-state index contributed by atoms with van der Waals surface area (Å²) < 4.78 is 5.16. The highest BCUT2D eigenvalue weighted by molar-refractivity contribution is 5.63. The molecule has 1 fully saturated rings. The van der Waals surface area contributed by atoms with Crippen LogP contribution in [0.3, 0.4) is 0 Å². The molecule has 0 spiro atoms. The maximum absolute atomic E-state index is 9.18. The Balaban J connectivity index is 2.00. The van der Waals surface area contributed by atoms with Crippen molar-refractivity contribution in [3.63, 3.8) is 0 Å². The van der Waals surface area contributed by atoms with Gasteiger partial charge in [-0.15, -0.1) is 0 Å². The third-order valence-electron chi connectivity index (χ3n) is 3.60. The van der Waals surface area contributed by atoms with Gasteiger partial charge in [-0.05, 0) is 37.1 Å². The van der Waals surface area contributed by atoms with E-state index in [-0.39, 0.29) is 0 Å². The van der Waals surface area contributed by atoms with Gasteiger partial charge < -0.3 is 9.64 Å². The van der Waals surface area contributed by atoms with Crippen molar-refractivity contribution in [2.24, 2.45) is 0 Å². The average Bonchev–Trinajstić information content (AvgIpc) is 3.09. The number of methoxy groups -OCH3 is 1. The highest BCUT2D eigenvalue weighted by Gasteiger charge is 2.17. The largest absolute Gasteiger partial charge is 0.497 e. The van der Waals surface area contributed by atoms with Crippen molar-refractivity contribution in [2.45, 2.75) is 12.8 Å². The second-order valence-electron chi connectivity index (χ2n) is 4.97. The average molecular weight is 280 g/mol. The molecule has 21 heavy (non-hydrogen) atoms. The van der Waals surface area contributed by atoms with E-state index in [1.54, 1.807) is 13.2 Å². The molecule has 0 amide bonds. The molecule has 0 radical (unpaired) electrons. The van der Waals surface area contributed by atoms with Gasteiger partial charge in [-0.3, -0.25) is 0 Å². The lowest BCUT2D eigenvalue weighted by molar-refractivity contribution is 0.415. The van der Waals surface area contributed by atoms with Crippen molar-refractivity contribution in [1.82, 2.24) is 9.97 Å². The Labute approximate surface area is 123 Å². The van der Waals surface area contributed by atoms with Crippen molar-refractivity contribution < 1.29 is 4.74 Å². The van der Waals surface area contributed by atoms with Crippen LogP contribution in [0, 0.1) is 11.3 Å². The fourth-order valence-electron chi connectivity index (χ4n) is 2.46. The van der Waals surface area contributed by atoms with E-state index in [0.29, 0.717) is 11.6 Å². The molecule has 0 unspecified atom stereocenters. The molecule has 5 heteroatoms. The van der Waals surface area contributed by atoms with Gasteiger partial charge in [-0.25, -0.2) is 9.97 Å². The van der Waals surface area contributed by atoms with Gasteiger partial charge in [0.15, 0.2) is 0 Å². The normalized spacial score (nSPS) is 14.0. The van der Waals surface area contributed by atoms with Gasteiger partial charge in [0.25, 0.3) is 0 Å². The number of hydrogen-bond acceptors (Lipinski definition) is 5. The highest BCUT2D eigenvalue weighted by atomic mass is 16.5. The predicted octanol–water partition coefficient (Wildman–Crippen LogP) is 2.62. The molecular weight excluding hydrogens is 264 g/mol. The second kappa shape index (κ2) is 5.80. The molecule has 2 aromatic rings. The summed E-state index contributed by atoms with van der Waals surface area (Å²) in [4.78, 5) is 11.1. The summed E-state index contributed by atoms with van der Waals surface area (Å²) in [6.07, 6.45) is 2.30. The number of nitrogens with zero attached hydrogens (tertiary/aromatic N) is 4. The Hall–Kier alpha value is -2.61. The molecule has 1 aromatic carbocycles. The molecule has 1 saturated heterocycles. The SMILES string of the molecule is COc1ccc(-c2cc(C#N)nc(N3CCCC3)n2)cc1. The lowest BCUT2D eigenvalue weighted by atomic mass is 10.1. The first kappa shape index (κ1) is 13.4. The van der Waals surface area contributed by atoms with Crippen molar-refractivity contribution in [1.29, 1.82) is 5.26 Å². The molecule has 0 N–H and O–H groups in total. The van der Waals surface area contributed by atoms with Crippen LogP contribution in [-0.2, 0) is 0 Å². The Morgan fingerprint density at radius 3 is 2.48 bits per heavy atom. The van der Waals surface area contributed by atoms with Crippen LogP contribution in [0.5, 0.6) is 5.75 Å². The fraction of sp³-hybridized carbons (Fsp3) is 0.312. The Morgan fingerprint density at radius 2 is 1.86 bits per heavy atom. The quantitative estimate of drug-likeness (QED) is 0.865. The Bertz CT molecular complexity index is 670. The van der Waals surface area contributed by atoms with Gasteiger partial charge in [0.05, 0.1) is 12.8 Å². The van der Waals surface area contributed by atoms with Crippen LogP contribution in [0.25, 0.3) is 11.3 Å². The fourth-order valence-corrected chi connectivity index (χ4v) is 2.46. The smallest absolute Gasteiger partial charge is 0.227 e. The maximum atomic E-state index is 9.18. The zero-order valence-corrected chi connectivity index (χ0v) is 11.9. The number of hydrogen-bond donors (Lipinski definition) is 0. The van der Waals surface area contributed by atoms with E-state index in [1.807, 2.05) is 24.3 Å². The van der Waals surface area contributed by atoms with Crippen LogP contribution in [0.2, 0.25) is 0 Å². The van der Waals surface area contributed by atoms with Crippen LogP contribution in [0.4, 0.5) is 5.95 Å². The van der Waals surface area contributed by atoms with E-state index in [9.17, 15) is 5.26 Å². The molecule has 3 rings (SSSR count). The molecule has 106 valence electrons. The number of aromatic nitrogens is 2. The molecule has 0 bridgehead atoms. The number of rotatable bonds is 3. The summed E-state index contributed by atoms with van der Waals surface area (Å²) in [7, 11) is 1.64. The summed E-state index contributed by atoms with van der Waals surface area (Å²) in [6, 6.07) is 11.5. The first-order valence-corrected chi connectivity index (χ1v) is 6.99. The maximum Gasteiger partial charge on any atom is 0.227 e. The first-order valence-electron chi connectivity index (χ1n) is 6.99. The van der Waals surface area contributed by atoms with Gasteiger partial charge in [-0.2, -0.15) is 5.26 Å². The molecule has 0 atom stereocenters. The minimum atomic E-state index is 0.401. The molecule has 0 saturated carbocycles. The van der Waals surface area contributed by atoms with E-state index >= 15 is 0 Å². The summed E-state index contributed by atoms with van der Waals surface area (Å²) in [5.41, 5.74) is 2.12. The molecule has 1 aromatic heterocycles. The number of anilines is 1. The molecule has 2 heterocycles. The zero-order chi connectivity index (χ0) is 14.7. The molecule has 1 aliphatic heterocycles. The third-order valence-corrected chi connectivity index (χ3v) is 3.60. The van der Waals surface area contributed by atoms with Crippen molar-refractivity contribution in [3.05, 3.63) is 36.0 Å². The molecule has 1 aliphatic rings. The number of benzene rings is 1. The number of nitriles is 1. The Kier molecular flexibility index (Phi) is 3.69. The van der Waals surface area contributed by atoms with Crippen molar-refractivity contribution in [2.75, 3.05) is 25.1 Å². The van der Waals surface area contributed by atoms with Crippen LogP contribution in [0.1, 0.15) is 18.5 Å². The van der Waals surface area contributed by atoms with E-state index in [1.165, 1.54) is 0 Å². The van der Waals surface area contributed by atoms with E-state index in [2.05, 4.69) is 20.9 Å². The number of ether oxygens (including phenoxy) is 1. The van der Waals surface area contributed by atoms with Crippen LogP contribution in [0.15, 0.2) is 30.3 Å². The van der Waals surface area contributed by atoms with E-state index in [0.717, 1.165) is 42.9 Å². The van der Waals surface area contributed by atoms with Gasteiger partial charge >= 0.3 is 0 Å². The van der Waals surface area contributed by atoms with Crippen LogP contribution in [-0.4, -0.2) is 30.2 Å². The Morgan fingerprint density at radius 1 is 1.14 bits per heavy atom. The summed E-state index contributed by atoms with van der Waals surface area (Å²) in [6.45, 7) is 1.91. The van der Waals surface area contributed by atoms with Crippen LogP contribution >= 0.6 is 0 Å². The van der Waals surface area contributed by atoms with Gasteiger partial charge in [0.2, 0.25) is 5.95 Å². The zero-order valence-electron chi connectivity index (χ0n) is 11.9. The molecule has 5 nitrogen and oxygen atoms in total. The highest BCUT2D eigenvalue weighted by Crippen LogP contribution is 2.24. The molecular formula is C16H16N4O. The minimum absolute atomic E-state index is 0.401. The van der Waals surface area contributed by atoms with Crippen LogP contribution < -0.4 is 9.64 Å². The summed E-state index contributed by atoms with van der Waals surface area (Å²) in [5, 5.41) is 9.18. The first-order chi connectivity index (χ1) is 10.3. The standard InChI is InChI=1S/C16H16N4O/c1-21-14-6-4-12(5-7-14)15-10-13(11-17)18-16(19-15)20-8-2-3-9-20/h4-7,10H,2-3,8-9H2,1H3. The summed E-state index contributed by atoms with van der Waals surface area (Å²) >= 11 is 0. The van der Waals surface area contributed by atoms with E-state index in [4.69, 9.17) is 4.74 Å². The van der Waals surface area contributed by atoms with Gasteiger partial charge in [-0.1, -0.05) is 0 Å². The van der Waals surface area contributed by atoms with Gasteiger partial charge in [0.1, 0.15) is 17.5 Å². The van der Waals surface area contributed by atoms with Gasteiger partial charge in [0, 0.05) is 24.7 Å². The second-order valence-corrected chi connectivity index (χ2v) is 4.97. The van der Waals surface area contributed by atoms with Crippen molar-refractivity contribution >= 4 is 5.95 Å².